The second kappa shape index (κ2) is 15.1. The van der Waals surface area contributed by atoms with Gasteiger partial charge in [-0.2, -0.15) is 0 Å². The number of thioether (sulfide) groups is 1. The van der Waals surface area contributed by atoms with Gasteiger partial charge in [-0.3, -0.25) is 9.59 Å². The summed E-state index contributed by atoms with van der Waals surface area (Å²) in [5, 5.41) is 9.29. The third kappa shape index (κ3) is 10.2. The van der Waals surface area contributed by atoms with Crippen molar-refractivity contribution in [1.29, 1.82) is 0 Å². The average molecular weight is 381 g/mol. The minimum atomic E-state index is -0.270. The third-order valence-corrected chi connectivity index (χ3v) is 5.66. The average Bonchev–Trinajstić information content (AvgIpc) is 2.96. The van der Waals surface area contributed by atoms with E-state index in [-0.39, 0.29) is 28.0 Å². The van der Waals surface area contributed by atoms with Gasteiger partial charge in [-0.15, -0.1) is 0 Å². The molecule has 1 N–H and O–H groups in total. The molecule has 0 amide bonds. The molecule has 0 fully saturated rings. The molecule has 0 aromatic heterocycles. The van der Waals surface area contributed by atoms with Crippen LogP contribution in [0.5, 0.6) is 0 Å². The van der Waals surface area contributed by atoms with Crippen molar-refractivity contribution in [3.05, 3.63) is 23.5 Å². The molecule has 148 valence electrons. The Kier molecular flexibility index (Phi) is 13.3. The van der Waals surface area contributed by atoms with E-state index in [4.69, 9.17) is 0 Å². The minimum Gasteiger partial charge on any atom is -0.510 e. The number of carbonyl (C=O) groups excluding carboxylic acids is 2. The number of aliphatic hydroxyl groups is 1. The van der Waals surface area contributed by atoms with E-state index in [1.54, 1.807) is 0 Å². The van der Waals surface area contributed by atoms with Crippen LogP contribution in [-0.2, 0) is 9.59 Å². The minimum absolute atomic E-state index is 0.0362. The van der Waals surface area contributed by atoms with Gasteiger partial charge in [-0.1, -0.05) is 82.2 Å². The Bertz CT molecular complexity index is 480. The maximum absolute atomic E-state index is 11.9. The summed E-state index contributed by atoms with van der Waals surface area (Å²) >= 11 is 1.01. The van der Waals surface area contributed by atoms with Gasteiger partial charge in [-0.25, -0.2) is 0 Å². The molecular formula is C22H36O3S. The van der Waals surface area contributed by atoms with Crippen LogP contribution in [0.4, 0.5) is 0 Å². The van der Waals surface area contributed by atoms with Crippen molar-refractivity contribution >= 4 is 22.7 Å². The molecule has 0 bridgehead atoms. The molecule has 0 atom stereocenters. The monoisotopic (exact) mass is 380 g/mol. The van der Waals surface area contributed by atoms with Crippen LogP contribution < -0.4 is 0 Å². The lowest BCUT2D eigenvalue weighted by atomic mass is 10.0. The van der Waals surface area contributed by atoms with Crippen molar-refractivity contribution in [3.8, 4) is 0 Å². The number of unbranched alkanes of at least 4 members (excludes halogenated alkanes) is 11. The number of hydrogen-bond donors (Lipinski definition) is 1. The Morgan fingerprint density at radius 2 is 1.46 bits per heavy atom. The van der Waals surface area contributed by atoms with E-state index in [0.717, 1.165) is 37.4 Å². The predicted octanol–water partition coefficient (Wildman–Crippen LogP) is 6.68. The highest BCUT2D eigenvalue weighted by Gasteiger charge is 2.28. The molecule has 0 unspecified atom stereocenters. The molecule has 26 heavy (non-hydrogen) atoms. The zero-order valence-corrected chi connectivity index (χ0v) is 17.2. The van der Waals surface area contributed by atoms with Gasteiger partial charge in [0.1, 0.15) is 11.3 Å². The van der Waals surface area contributed by atoms with Gasteiger partial charge in [0.15, 0.2) is 5.78 Å². The van der Waals surface area contributed by atoms with Crippen molar-refractivity contribution in [2.75, 3.05) is 5.75 Å². The fraction of sp³-hybridized carbons (Fsp3) is 0.727. The Balaban J connectivity index is 1.90. The van der Waals surface area contributed by atoms with E-state index < -0.39 is 0 Å². The second-order valence-corrected chi connectivity index (χ2v) is 8.10. The molecule has 0 spiro atoms. The highest BCUT2D eigenvalue weighted by Crippen LogP contribution is 2.26. The lowest BCUT2D eigenvalue weighted by Gasteiger charge is -2.01. The fourth-order valence-corrected chi connectivity index (χ4v) is 3.94. The van der Waals surface area contributed by atoms with Gasteiger partial charge in [0.05, 0.1) is 5.75 Å². The third-order valence-electron chi connectivity index (χ3n) is 4.78. The van der Waals surface area contributed by atoms with Crippen molar-refractivity contribution < 1.29 is 14.7 Å². The van der Waals surface area contributed by atoms with E-state index in [1.165, 1.54) is 57.8 Å². The van der Waals surface area contributed by atoms with Gasteiger partial charge in [0.25, 0.3) is 0 Å². The molecule has 0 saturated carbocycles. The Morgan fingerprint density at radius 1 is 0.923 bits per heavy atom. The smallest absolute Gasteiger partial charge is 0.226 e. The number of carbonyl (C=O) groups is 2. The van der Waals surface area contributed by atoms with Gasteiger partial charge in [0, 0.05) is 6.42 Å². The van der Waals surface area contributed by atoms with Crippen LogP contribution in [-0.4, -0.2) is 21.8 Å². The van der Waals surface area contributed by atoms with E-state index in [1.807, 2.05) is 0 Å². The lowest BCUT2D eigenvalue weighted by molar-refractivity contribution is -0.118. The molecule has 0 radical (unpaired) electrons. The van der Waals surface area contributed by atoms with E-state index in [0.29, 0.717) is 6.42 Å². The predicted molar refractivity (Wildman–Crippen MR) is 112 cm³/mol. The highest BCUT2D eigenvalue weighted by atomic mass is 32.2. The molecule has 1 rings (SSSR count). The normalized spacial score (nSPS) is 14.7. The molecule has 0 aromatic rings. The van der Waals surface area contributed by atoms with Gasteiger partial charge >= 0.3 is 0 Å². The van der Waals surface area contributed by atoms with Crippen molar-refractivity contribution in [2.24, 2.45) is 0 Å². The second-order valence-electron chi connectivity index (χ2n) is 7.16. The van der Waals surface area contributed by atoms with E-state index in [9.17, 15) is 14.7 Å². The molecule has 4 heteroatoms. The number of aliphatic hydroxyl groups excluding tert-OH is 1. The quantitative estimate of drug-likeness (QED) is 0.184. The Labute approximate surface area is 163 Å². The number of hydrogen-bond acceptors (Lipinski definition) is 4. The summed E-state index contributed by atoms with van der Waals surface area (Å²) in [6.07, 6.45) is 21.0. The molecule has 0 saturated heterocycles. The molecule has 1 aliphatic heterocycles. The van der Waals surface area contributed by atoms with Crippen LogP contribution in [0.15, 0.2) is 23.5 Å². The number of rotatable bonds is 16. The lowest BCUT2D eigenvalue weighted by Crippen LogP contribution is -2.08. The van der Waals surface area contributed by atoms with E-state index in [2.05, 4.69) is 19.1 Å². The van der Waals surface area contributed by atoms with Crippen molar-refractivity contribution in [1.82, 2.24) is 0 Å². The first-order valence-corrected chi connectivity index (χ1v) is 11.4. The first-order chi connectivity index (χ1) is 12.7. The van der Waals surface area contributed by atoms with Crippen LogP contribution in [0.25, 0.3) is 0 Å². The SMILES string of the molecule is CCCCCCCCCCCC=CCCCCC(=O)C1=C(O)CSC1=O. The summed E-state index contributed by atoms with van der Waals surface area (Å²) in [4.78, 5) is 23.4. The summed E-state index contributed by atoms with van der Waals surface area (Å²) in [6, 6.07) is 0. The molecule has 1 aliphatic rings. The van der Waals surface area contributed by atoms with Crippen LogP contribution in [0.1, 0.15) is 96.8 Å². The maximum atomic E-state index is 11.9. The topological polar surface area (TPSA) is 54.4 Å². The number of Topliss-reactive ketones (excluding diaryl/α,β-unsaturated/α-hetero) is 1. The standard InChI is InChI=1S/C22H36O3S/c1-2-3-4-5-6-7-8-9-10-11-12-13-14-15-16-17-19(23)21-20(24)18-26-22(21)25/h12-13,24H,2-11,14-18H2,1H3. The summed E-state index contributed by atoms with van der Waals surface area (Å²) in [7, 11) is 0. The highest BCUT2D eigenvalue weighted by molar-refractivity contribution is 8.14. The first kappa shape index (κ1) is 23.0. The van der Waals surface area contributed by atoms with Gasteiger partial charge in [0.2, 0.25) is 5.12 Å². The van der Waals surface area contributed by atoms with Crippen LogP contribution in [0.3, 0.4) is 0 Å². The molecular weight excluding hydrogens is 344 g/mol. The Morgan fingerprint density at radius 3 is 2.00 bits per heavy atom. The first-order valence-electron chi connectivity index (χ1n) is 10.4. The summed E-state index contributed by atoms with van der Waals surface area (Å²) in [6.45, 7) is 2.26. The summed E-state index contributed by atoms with van der Waals surface area (Å²) in [5.41, 5.74) is 0.0379. The largest absolute Gasteiger partial charge is 0.510 e. The van der Waals surface area contributed by atoms with Gasteiger partial charge in [-0.05, 0) is 32.1 Å². The van der Waals surface area contributed by atoms with Crippen LogP contribution in [0, 0.1) is 0 Å². The summed E-state index contributed by atoms with van der Waals surface area (Å²) < 4.78 is 0. The number of ketones is 1. The number of allylic oxidation sites excluding steroid dienone is 2. The Hall–Kier alpha value is -1.03. The van der Waals surface area contributed by atoms with Crippen LogP contribution in [0.2, 0.25) is 0 Å². The molecule has 1 heterocycles. The van der Waals surface area contributed by atoms with E-state index >= 15 is 0 Å². The van der Waals surface area contributed by atoms with Crippen molar-refractivity contribution in [2.45, 2.75) is 96.8 Å². The molecule has 0 aromatic carbocycles. The van der Waals surface area contributed by atoms with Crippen LogP contribution >= 0.6 is 11.8 Å². The maximum Gasteiger partial charge on any atom is 0.226 e. The zero-order valence-electron chi connectivity index (χ0n) is 16.4. The fourth-order valence-electron chi connectivity index (χ4n) is 3.15. The zero-order chi connectivity index (χ0) is 19.0. The molecule has 3 nitrogen and oxygen atoms in total. The molecule has 0 aliphatic carbocycles. The van der Waals surface area contributed by atoms with Gasteiger partial charge < -0.3 is 5.11 Å². The summed E-state index contributed by atoms with van der Waals surface area (Å²) in [5.74, 6) is 0.0173. The van der Waals surface area contributed by atoms with Crippen molar-refractivity contribution in [3.63, 3.8) is 0 Å².